The maximum Gasteiger partial charge on any atom is 0.283 e. The Morgan fingerprint density at radius 3 is 2.23 bits per heavy atom. The molecular weight excluding hydrogens is 288 g/mol. The number of hydrogen-bond donors (Lipinski definition) is 0. The molecule has 0 spiro atoms. The highest BCUT2D eigenvalue weighted by Gasteiger charge is 2.17. The predicted octanol–water partition coefficient (Wildman–Crippen LogP) is 3.40. The smallest absolute Gasteiger partial charge is 0.283 e. The predicted molar refractivity (Wildman–Crippen MR) is 79.6 cm³/mol. The summed E-state index contributed by atoms with van der Waals surface area (Å²) < 4.78 is 0. The average molecular weight is 298 g/mol. The van der Waals surface area contributed by atoms with Crippen molar-refractivity contribution >= 4 is 23.2 Å². The molecule has 2 aromatic rings. The van der Waals surface area contributed by atoms with E-state index in [2.05, 4.69) is 0 Å². The molecule has 0 amide bonds. The van der Waals surface area contributed by atoms with Gasteiger partial charge >= 0.3 is 0 Å². The highest BCUT2D eigenvalue weighted by molar-refractivity contribution is 6.07. The molecule has 0 heterocycles. The number of nitro groups is 2. The Morgan fingerprint density at radius 2 is 1.64 bits per heavy atom. The topological polar surface area (TPSA) is 103 Å². The van der Waals surface area contributed by atoms with Crippen LogP contribution in [0.1, 0.15) is 15.9 Å². The van der Waals surface area contributed by atoms with E-state index < -0.39 is 15.5 Å². The van der Waals surface area contributed by atoms with Crippen molar-refractivity contribution in [3.63, 3.8) is 0 Å². The molecule has 0 unspecified atom stereocenters. The highest BCUT2D eigenvalue weighted by atomic mass is 16.6. The molecule has 0 bridgehead atoms. The third kappa shape index (κ3) is 3.40. The van der Waals surface area contributed by atoms with E-state index in [1.54, 1.807) is 30.3 Å². The molecule has 0 atom stereocenters. The number of nitro benzene ring substituents is 2. The van der Waals surface area contributed by atoms with Crippen LogP contribution in [0.15, 0.2) is 54.6 Å². The second-order valence-electron chi connectivity index (χ2n) is 4.32. The van der Waals surface area contributed by atoms with Crippen LogP contribution in [-0.2, 0) is 0 Å². The summed E-state index contributed by atoms with van der Waals surface area (Å²) >= 11 is 0. The van der Waals surface area contributed by atoms with Crippen molar-refractivity contribution in [1.82, 2.24) is 0 Å². The zero-order valence-electron chi connectivity index (χ0n) is 11.2. The Labute approximate surface area is 124 Å². The number of nitrogens with zero attached hydrogens (tertiary/aromatic N) is 2. The number of benzene rings is 2. The van der Waals surface area contributed by atoms with E-state index in [9.17, 15) is 25.0 Å². The third-order valence-corrected chi connectivity index (χ3v) is 2.89. The van der Waals surface area contributed by atoms with E-state index in [0.29, 0.717) is 5.56 Å². The summed E-state index contributed by atoms with van der Waals surface area (Å²) in [5.41, 5.74) is -0.229. The first-order chi connectivity index (χ1) is 10.5. The minimum atomic E-state index is -0.723. The molecular formula is C15H10N2O5. The fraction of sp³-hybridized carbons (Fsp3) is 0. The quantitative estimate of drug-likeness (QED) is 0.364. The van der Waals surface area contributed by atoms with Crippen molar-refractivity contribution in [3.05, 3.63) is 86.0 Å². The van der Waals surface area contributed by atoms with E-state index in [0.717, 1.165) is 12.1 Å². The van der Waals surface area contributed by atoms with Crippen LogP contribution in [0.25, 0.3) is 6.08 Å². The lowest BCUT2D eigenvalue weighted by molar-refractivity contribution is -0.394. The molecule has 0 fully saturated rings. The van der Waals surface area contributed by atoms with Crippen molar-refractivity contribution < 1.29 is 14.6 Å². The van der Waals surface area contributed by atoms with Crippen LogP contribution in [0, 0.1) is 20.2 Å². The summed E-state index contributed by atoms with van der Waals surface area (Å²) in [6.07, 6.45) is 2.47. The molecule has 7 heteroatoms. The fourth-order valence-electron chi connectivity index (χ4n) is 1.81. The summed E-state index contributed by atoms with van der Waals surface area (Å²) in [6, 6.07) is 11.7. The van der Waals surface area contributed by atoms with Gasteiger partial charge in [-0.3, -0.25) is 25.0 Å². The van der Waals surface area contributed by atoms with Gasteiger partial charge in [0.1, 0.15) is 0 Å². The first kappa shape index (κ1) is 15.0. The van der Waals surface area contributed by atoms with Crippen LogP contribution < -0.4 is 0 Å². The molecule has 2 aromatic carbocycles. The molecule has 0 saturated carbocycles. The van der Waals surface area contributed by atoms with Crippen LogP contribution in [0.4, 0.5) is 11.4 Å². The number of non-ortho nitro benzene ring substituents is 1. The standard InChI is InChI=1S/C15H10N2O5/c18-15(12-4-2-1-3-5-12)9-7-11-6-8-13(16(19)20)10-14(11)17(21)22/h1-10H/b9-7+. The molecule has 0 aliphatic rings. The summed E-state index contributed by atoms with van der Waals surface area (Å²) in [7, 11) is 0. The first-order valence-corrected chi connectivity index (χ1v) is 6.19. The summed E-state index contributed by atoms with van der Waals surface area (Å²) in [4.78, 5) is 32.1. The van der Waals surface area contributed by atoms with Gasteiger partial charge in [-0.15, -0.1) is 0 Å². The fourth-order valence-corrected chi connectivity index (χ4v) is 1.81. The van der Waals surface area contributed by atoms with Gasteiger partial charge in [-0.2, -0.15) is 0 Å². The SMILES string of the molecule is O=C(/C=C/c1ccc([N+](=O)[O-])cc1[N+](=O)[O-])c1ccccc1. The lowest BCUT2D eigenvalue weighted by atomic mass is 10.1. The van der Waals surface area contributed by atoms with E-state index >= 15 is 0 Å². The van der Waals surface area contributed by atoms with Crippen molar-refractivity contribution in [1.29, 1.82) is 0 Å². The van der Waals surface area contributed by atoms with E-state index in [1.165, 1.54) is 18.2 Å². The van der Waals surface area contributed by atoms with Crippen molar-refractivity contribution in [2.75, 3.05) is 0 Å². The van der Waals surface area contributed by atoms with Crippen LogP contribution >= 0.6 is 0 Å². The average Bonchev–Trinajstić information content (AvgIpc) is 2.53. The van der Waals surface area contributed by atoms with Crippen LogP contribution in [0.2, 0.25) is 0 Å². The van der Waals surface area contributed by atoms with Crippen molar-refractivity contribution in [3.8, 4) is 0 Å². The molecule has 0 aliphatic heterocycles. The summed E-state index contributed by atoms with van der Waals surface area (Å²) in [6.45, 7) is 0. The van der Waals surface area contributed by atoms with Gasteiger partial charge in [0, 0.05) is 11.6 Å². The monoisotopic (exact) mass is 298 g/mol. The molecule has 7 nitrogen and oxygen atoms in total. The minimum absolute atomic E-state index is 0.125. The maximum absolute atomic E-state index is 11.9. The van der Waals surface area contributed by atoms with Crippen LogP contribution in [-0.4, -0.2) is 15.6 Å². The van der Waals surface area contributed by atoms with Gasteiger partial charge in [0.25, 0.3) is 11.4 Å². The number of hydrogen-bond acceptors (Lipinski definition) is 5. The largest absolute Gasteiger partial charge is 0.289 e. The van der Waals surface area contributed by atoms with Gasteiger partial charge in [0.15, 0.2) is 5.78 Å². The number of ketones is 1. The zero-order chi connectivity index (χ0) is 16.1. The zero-order valence-corrected chi connectivity index (χ0v) is 11.2. The Morgan fingerprint density at radius 1 is 0.955 bits per heavy atom. The van der Waals surface area contributed by atoms with Gasteiger partial charge in [-0.25, -0.2) is 0 Å². The molecule has 0 saturated heterocycles. The lowest BCUT2D eigenvalue weighted by Gasteiger charge is -1.98. The molecule has 0 aromatic heterocycles. The van der Waals surface area contributed by atoms with Crippen LogP contribution in [0.5, 0.6) is 0 Å². The van der Waals surface area contributed by atoms with Gasteiger partial charge in [0.2, 0.25) is 0 Å². The van der Waals surface area contributed by atoms with Crippen molar-refractivity contribution in [2.24, 2.45) is 0 Å². The van der Waals surface area contributed by atoms with E-state index in [4.69, 9.17) is 0 Å². The summed E-state index contributed by atoms with van der Waals surface area (Å²) in [5, 5.41) is 21.6. The lowest BCUT2D eigenvalue weighted by Crippen LogP contribution is -1.96. The van der Waals surface area contributed by atoms with Gasteiger partial charge < -0.3 is 0 Å². The normalized spacial score (nSPS) is 10.5. The molecule has 0 radical (unpaired) electrons. The molecule has 22 heavy (non-hydrogen) atoms. The number of carbonyl (C=O) groups excluding carboxylic acids is 1. The Kier molecular flexibility index (Phi) is 4.38. The Hall–Kier alpha value is -3.35. The van der Waals surface area contributed by atoms with Crippen LogP contribution in [0.3, 0.4) is 0 Å². The number of carbonyl (C=O) groups is 1. The van der Waals surface area contributed by atoms with E-state index in [-0.39, 0.29) is 17.0 Å². The number of rotatable bonds is 5. The third-order valence-electron chi connectivity index (χ3n) is 2.89. The van der Waals surface area contributed by atoms with Gasteiger partial charge in [-0.05, 0) is 18.2 Å². The van der Waals surface area contributed by atoms with Gasteiger partial charge in [0.05, 0.1) is 21.5 Å². The summed E-state index contributed by atoms with van der Waals surface area (Å²) in [5.74, 6) is -0.312. The second kappa shape index (κ2) is 6.40. The first-order valence-electron chi connectivity index (χ1n) is 6.19. The van der Waals surface area contributed by atoms with Gasteiger partial charge in [-0.1, -0.05) is 30.3 Å². The molecule has 110 valence electrons. The molecule has 0 aliphatic carbocycles. The molecule has 2 rings (SSSR count). The highest BCUT2D eigenvalue weighted by Crippen LogP contribution is 2.25. The minimum Gasteiger partial charge on any atom is -0.289 e. The number of allylic oxidation sites excluding steroid dienone is 1. The Balaban J connectivity index is 2.33. The van der Waals surface area contributed by atoms with Crippen molar-refractivity contribution in [2.45, 2.75) is 0 Å². The second-order valence-corrected chi connectivity index (χ2v) is 4.32. The molecule has 0 N–H and O–H groups in total. The Bertz CT molecular complexity index is 769. The van der Waals surface area contributed by atoms with E-state index in [1.807, 2.05) is 0 Å². The maximum atomic E-state index is 11.9.